The average molecular weight is 317 g/mol. The van der Waals surface area contributed by atoms with Gasteiger partial charge in [0, 0.05) is 12.3 Å². The van der Waals surface area contributed by atoms with E-state index < -0.39 is 38.6 Å². The summed E-state index contributed by atoms with van der Waals surface area (Å²) in [6.45, 7) is 0. The molecule has 0 fully saturated rings. The van der Waals surface area contributed by atoms with Crippen LogP contribution in [0.5, 0.6) is 0 Å². The van der Waals surface area contributed by atoms with Crippen molar-refractivity contribution in [2.24, 2.45) is 0 Å². The number of rotatable bonds is 3. The Bertz CT molecular complexity index is 685. The van der Waals surface area contributed by atoms with Crippen molar-refractivity contribution in [2.45, 2.75) is 6.18 Å². The first-order chi connectivity index (χ1) is 9.70. The molecule has 0 aliphatic heterocycles. The Kier molecular flexibility index (Phi) is 4.74. The van der Waals surface area contributed by atoms with Crippen LogP contribution in [0, 0.1) is 32.8 Å². The van der Waals surface area contributed by atoms with E-state index in [9.17, 15) is 23.3 Å². The smallest absolute Gasteiger partial charge is 0.358 e. The highest BCUT2D eigenvalue weighted by molar-refractivity contribution is 6.35. The third-order valence-corrected chi connectivity index (χ3v) is 2.59. The first kappa shape index (κ1) is 16.3. The van der Waals surface area contributed by atoms with Crippen molar-refractivity contribution < 1.29 is 18.1 Å². The topological polar surface area (TPSA) is 103 Å². The zero-order valence-corrected chi connectivity index (χ0v) is 10.7. The highest BCUT2D eigenvalue weighted by Gasteiger charge is 2.34. The second kappa shape index (κ2) is 6.11. The number of nitro groups is 1. The molecule has 21 heavy (non-hydrogen) atoms. The van der Waals surface area contributed by atoms with Gasteiger partial charge in [-0.1, -0.05) is 11.6 Å². The number of nitrogens with zero attached hydrogens (tertiary/aromatic N) is 3. The number of anilines is 1. The van der Waals surface area contributed by atoms with Crippen LogP contribution in [0.25, 0.3) is 0 Å². The van der Waals surface area contributed by atoms with Crippen molar-refractivity contribution in [2.75, 3.05) is 5.32 Å². The summed E-state index contributed by atoms with van der Waals surface area (Å²) in [5.41, 5.74) is -3.12. The molecule has 1 aromatic carbocycles. The number of nitrogens with one attached hydrogen (secondary N) is 1. The number of allylic oxidation sites excluding steroid dienone is 1. The summed E-state index contributed by atoms with van der Waals surface area (Å²) in [4.78, 5) is 9.64. The van der Waals surface area contributed by atoms with Crippen molar-refractivity contribution in [3.05, 3.63) is 44.6 Å². The SMILES string of the molecule is N#CC(C#N)=CNc1cc(C(F)(F)F)cc([N+](=O)[O-])c1Cl. The number of benzene rings is 1. The van der Waals surface area contributed by atoms with Crippen molar-refractivity contribution in [3.8, 4) is 12.1 Å². The minimum atomic E-state index is -4.82. The summed E-state index contributed by atoms with van der Waals surface area (Å²) in [6, 6.07) is 3.76. The maximum Gasteiger partial charge on any atom is 0.416 e. The second-order valence-electron chi connectivity index (χ2n) is 3.54. The number of alkyl halides is 3. The van der Waals surface area contributed by atoms with Crippen molar-refractivity contribution in [1.29, 1.82) is 10.5 Å². The zero-order chi connectivity index (χ0) is 16.2. The molecular formula is C11H4ClF3N4O2. The van der Waals surface area contributed by atoms with Crippen LogP contribution in [-0.2, 0) is 6.18 Å². The maximum atomic E-state index is 12.7. The van der Waals surface area contributed by atoms with E-state index in [0.29, 0.717) is 12.1 Å². The van der Waals surface area contributed by atoms with E-state index in [0.717, 1.165) is 6.20 Å². The van der Waals surface area contributed by atoms with Gasteiger partial charge in [0.15, 0.2) is 0 Å². The molecule has 10 heteroatoms. The maximum absolute atomic E-state index is 12.7. The Hall–Kier alpha value is -2.78. The molecule has 1 aromatic rings. The first-order valence-electron chi connectivity index (χ1n) is 5.02. The van der Waals surface area contributed by atoms with Crippen LogP contribution in [0.3, 0.4) is 0 Å². The molecule has 0 amide bonds. The number of halogens is 4. The average Bonchev–Trinajstić information content (AvgIpc) is 2.39. The summed E-state index contributed by atoms with van der Waals surface area (Å²) >= 11 is 5.63. The lowest BCUT2D eigenvalue weighted by molar-refractivity contribution is -0.384. The lowest BCUT2D eigenvalue weighted by atomic mass is 10.1. The fourth-order valence-electron chi connectivity index (χ4n) is 1.25. The van der Waals surface area contributed by atoms with Gasteiger partial charge in [0.05, 0.1) is 16.2 Å². The fourth-order valence-corrected chi connectivity index (χ4v) is 1.48. The Labute approximate surface area is 120 Å². The number of hydrogen-bond acceptors (Lipinski definition) is 5. The molecule has 0 bridgehead atoms. The molecule has 0 saturated heterocycles. The molecule has 0 aliphatic carbocycles. The number of hydrogen-bond donors (Lipinski definition) is 1. The minimum Gasteiger partial charge on any atom is -0.358 e. The van der Waals surface area contributed by atoms with Gasteiger partial charge < -0.3 is 5.32 Å². The monoisotopic (exact) mass is 316 g/mol. The van der Waals surface area contributed by atoms with Crippen molar-refractivity contribution in [1.82, 2.24) is 0 Å². The van der Waals surface area contributed by atoms with Crippen LogP contribution in [-0.4, -0.2) is 4.92 Å². The van der Waals surface area contributed by atoms with E-state index in [1.54, 1.807) is 0 Å². The van der Waals surface area contributed by atoms with Crippen LogP contribution in [0.2, 0.25) is 5.02 Å². The van der Waals surface area contributed by atoms with Gasteiger partial charge in [-0.3, -0.25) is 10.1 Å². The minimum absolute atomic E-state index is 0.298. The predicted octanol–water partition coefficient (Wildman–Crippen LogP) is 3.61. The molecule has 0 radical (unpaired) electrons. The van der Waals surface area contributed by atoms with E-state index in [-0.39, 0.29) is 0 Å². The number of nitriles is 2. The fraction of sp³-hybridized carbons (Fsp3) is 0.0909. The van der Waals surface area contributed by atoms with Gasteiger partial charge in [0.25, 0.3) is 5.69 Å². The van der Waals surface area contributed by atoms with Gasteiger partial charge in [-0.05, 0) is 6.07 Å². The molecule has 0 aromatic heterocycles. The highest BCUT2D eigenvalue weighted by Crippen LogP contribution is 2.39. The van der Waals surface area contributed by atoms with Crippen LogP contribution in [0.15, 0.2) is 23.9 Å². The molecule has 1 N–H and O–H groups in total. The van der Waals surface area contributed by atoms with E-state index in [1.165, 1.54) is 12.1 Å². The van der Waals surface area contributed by atoms with Gasteiger partial charge in [-0.25, -0.2) is 0 Å². The Morgan fingerprint density at radius 3 is 2.38 bits per heavy atom. The van der Waals surface area contributed by atoms with Crippen LogP contribution >= 0.6 is 11.6 Å². The molecular weight excluding hydrogens is 313 g/mol. The van der Waals surface area contributed by atoms with Crippen LogP contribution < -0.4 is 5.32 Å². The summed E-state index contributed by atoms with van der Waals surface area (Å²) in [5.74, 6) is 0. The van der Waals surface area contributed by atoms with E-state index in [2.05, 4.69) is 5.32 Å². The lowest BCUT2D eigenvalue weighted by Gasteiger charge is -2.11. The number of nitro benzene ring substituents is 1. The summed E-state index contributed by atoms with van der Waals surface area (Å²) in [5, 5.41) is 29.3. The molecule has 0 spiro atoms. The normalized spacial score (nSPS) is 10.2. The zero-order valence-electron chi connectivity index (χ0n) is 9.90. The summed E-state index contributed by atoms with van der Waals surface area (Å²) in [6.07, 6.45) is -4.02. The first-order valence-corrected chi connectivity index (χ1v) is 5.40. The summed E-state index contributed by atoms with van der Waals surface area (Å²) in [7, 11) is 0. The molecule has 0 unspecified atom stereocenters. The molecule has 0 saturated carbocycles. The Morgan fingerprint density at radius 2 is 1.95 bits per heavy atom. The molecule has 6 nitrogen and oxygen atoms in total. The molecule has 1 rings (SSSR count). The third-order valence-electron chi connectivity index (χ3n) is 2.19. The molecule has 108 valence electrons. The second-order valence-corrected chi connectivity index (χ2v) is 3.92. The quantitative estimate of drug-likeness (QED) is 0.521. The van der Waals surface area contributed by atoms with Crippen LogP contribution in [0.1, 0.15) is 5.56 Å². The Balaban J connectivity index is 3.42. The Morgan fingerprint density at radius 1 is 1.38 bits per heavy atom. The highest BCUT2D eigenvalue weighted by atomic mass is 35.5. The third kappa shape index (κ3) is 3.84. The summed E-state index contributed by atoms with van der Waals surface area (Å²) < 4.78 is 38.0. The van der Waals surface area contributed by atoms with Gasteiger partial charge in [0.1, 0.15) is 22.7 Å². The van der Waals surface area contributed by atoms with E-state index in [4.69, 9.17) is 22.1 Å². The van der Waals surface area contributed by atoms with Gasteiger partial charge >= 0.3 is 6.18 Å². The van der Waals surface area contributed by atoms with Crippen molar-refractivity contribution in [3.63, 3.8) is 0 Å². The molecule has 0 aliphatic rings. The lowest BCUT2D eigenvalue weighted by Crippen LogP contribution is -2.07. The van der Waals surface area contributed by atoms with Crippen molar-refractivity contribution >= 4 is 23.0 Å². The standard InChI is InChI=1S/C11H4ClF3N4O2/c12-10-8(18-5-6(3-16)4-17)1-7(11(13,14)15)2-9(10)19(20)21/h1-2,5,18H. The molecule has 0 heterocycles. The van der Waals surface area contributed by atoms with E-state index >= 15 is 0 Å². The molecule has 0 atom stereocenters. The van der Waals surface area contributed by atoms with Crippen LogP contribution in [0.4, 0.5) is 24.5 Å². The van der Waals surface area contributed by atoms with Gasteiger partial charge in [0.2, 0.25) is 0 Å². The van der Waals surface area contributed by atoms with Gasteiger partial charge in [-0.2, -0.15) is 23.7 Å². The predicted molar refractivity (Wildman–Crippen MR) is 66.0 cm³/mol. The van der Waals surface area contributed by atoms with Gasteiger partial charge in [-0.15, -0.1) is 0 Å². The largest absolute Gasteiger partial charge is 0.416 e. The van der Waals surface area contributed by atoms with E-state index in [1.807, 2.05) is 0 Å².